The lowest BCUT2D eigenvalue weighted by Crippen LogP contribution is -2.58. The van der Waals surface area contributed by atoms with Crippen molar-refractivity contribution < 1.29 is 19.3 Å². The van der Waals surface area contributed by atoms with Crippen molar-refractivity contribution >= 4 is 0 Å². The van der Waals surface area contributed by atoms with Crippen LogP contribution < -0.4 is 5.73 Å². The average molecular weight is 165 g/mol. The van der Waals surface area contributed by atoms with Crippen molar-refractivity contribution in [2.45, 2.75) is 24.4 Å². The molecule has 0 spiro atoms. The zero-order valence-corrected chi connectivity index (χ0v) is 6.03. The predicted octanol–water partition coefficient (Wildman–Crippen LogP) is -1.25. The van der Waals surface area contributed by atoms with Crippen LogP contribution >= 0.6 is 0 Å². The summed E-state index contributed by atoms with van der Waals surface area (Å²) >= 11 is 0. The van der Waals surface area contributed by atoms with Crippen molar-refractivity contribution in [2.24, 2.45) is 5.73 Å². The number of halogens is 1. The third-order valence-corrected chi connectivity index (χ3v) is 1.84. The third kappa shape index (κ3) is 1.67. The highest BCUT2D eigenvalue weighted by Gasteiger charge is 2.42. The van der Waals surface area contributed by atoms with Crippen molar-refractivity contribution in [3.8, 4) is 0 Å². The fourth-order valence-corrected chi connectivity index (χ4v) is 1.07. The zero-order valence-electron chi connectivity index (χ0n) is 6.03. The quantitative estimate of drug-likeness (QED) is 0.424. The molecular weight excluding hydrogens is 153 g/mol. The van der Waals surface area contributed by atoms with Crippen molar-refractivity contribution in [1.29, 1.82) is 0 Å². The Morgan fingerprint density at radius 3 is 2.82 bits per heavy atom. The topological polar surface area (TPSA) is 75.7 Å². The number of hydrogen-bond donors (Lipinski definition) is 3. The van der Waals surface area contributed by atoms with Gasteiger partial charge in [-0.15, -0.1) is 0 Å². The second-order valence-corrected chi connectivity index (χ2v) is 2.71. The molecule has 1 unspecified atom stereocenters. The molecule has 0 aliphatic carbocycles. The lowest BCUT2D eigenvalue weighted by molar-refractivity contribution is -0.166. The lowest BCUT2D eigenvalue weighted by atomic mass is 9.98. The molecule has 0 radical (unpaired) electrons. The van der Waals surface area contributed by atoms with Crippen LogP contribution in [0.1, 0.15) is 6.42 Å². The maximum atomic E-state index is 13.0. The molecule has 1 rings (SSSR count). The van der Waals surface area contributed by atoms with E-state index in [1.807, 2.05) is 0 Å². The van der Waals surface area contributed by atoms with Gasteiger partial charge in [0.1, 0.15) is 12.2 Å². The number of aliphatic hydroxyl groups excluding tert-OH is 2. The Hall–Kier alpha value is -0.230. The molecular formula is C6H12FNO3. The Labute approximate surface area is 63.8 Å². The molecule has 11 heavy (non-hydrogen) atoms. The molecule has 1 fully saturated rings. The van der Waals surface area contributed by atoms with Crippen LogP contribution in [0.4, 0.5) is 4.39 Å². The van der Waals surface area contributed by atoms with Gasteiger partial charge in [0.05, 0.1) is 13.2 Å². The minimum atomic E-state index is -2.12. The molecule has 5 heteroatoms. The maximum Gasteiger partial charge on any atom is 0.190 e. The Bertz CT molecular complexity index is 142. The summed E-state index contributed by atoms with van der Waals surface area (Å²) in [5, 5.41) is 17.7. The Morgan fingerprint density at radius 2 is 2.36 bits per heavy atom. The fourth-order valence-electron chi connectivity index (χ4n) is 1.07. The molecule has 0 bridgehead atoms. The second kappa shape index (κ2) is 3.02. The minimum Gasteiger partial charge on any atom is -0.394 e. The molecule has 4 N–H and O–H groups in total. The van der Waals surface area contributed by atoms with Crippen molar-refractivity contribution in [1.82, 2.24) is 0 Å². The Balaban J connectivity index is 2.60. The Morgan fingerprint density at radius 1 is 1.73 bits per heavy atom. The number of alkyl halides is 1. The van der Waals surface area contributed by atoms with E-state index >= 15 is 0 Å². The predicted molar refractivity (Wildman–Crippen MR) is 35.5 cm³/mol. The molecule has 0 aromatic rings. The van der Waals surface area contributed by atoms with Gasteiger partial charge in [-0.3, -0.25) is 5.73 Å². The molecule has 66 valence electrons. The van der Waals surface area contributed by atoms with E-state index in [-0.39, 0.29) is 13.0 Å². The molecule has 1 saturated heterocycles. The first kappa shape index (κ1) is 8.86. The monoisotopic (exact) mass is 165 g/mol. The molecule has 0 aromatic heterocycles. The molecule has 1 aliphatic heterocycles. The zero-order chi connectivity index (χ0) is 8.48. The van der Waals surface area contributed by atoms with Crippen LogP contribution in [0.3, 0.4) is 0 Å². The summed E-state index contributed by atoms with van der Waals surface area (Å²) in [7, 11) is 0. The van der Waals surface area contributed by atoms with Crippen LogP contribution in [-0.4, -0.2) is 41.4 Å². The van der Waals surface area contributed by atoms with E-state index < -0.39 is 24.6 Å². The van der Waals surface area contributed by atoms with Crippen LogP contribution in [0.5, 0.6) is 0 Å². The number of aliphatic hydroxyl groups is 2. The molecule has 0 aromatic carbocycles. The molecule has 4 nitrogen and oxygen atoms in total. The number of hydrogen-bond acceptors (Lipinski definition) is 4. The smallest absolute Gasteiger partial charge is 0.190 e. The van der Waals surface area contributed by atoms with E-state index in [1.54, 1.807) is 0 Å². The Kier molecular flexibility index (Phi) is 2.43. The molecule has 1 aliphatic rings. The third-order valence-electron chi connectivity index (χ3n) is 1.84. The average Bonchev–Trinajstić information content (AvgIpc) is 1.95. The summed E-state index contributed by atoms with van der Waals surface area (Å²) in [6.07, 6.45) is -2.36. The first-order chi connectivity index (χ1) is 5.08. The molecule has 1 heterocycles. The van der Waals surface area contributed by atoms with E-state index in [0.29, 0.717) is 0 Å². The van der Waals surface area contributed by atoms with E-state index in [2.05, 4.69) is 0 Å². The van der Waals surface area contributed by atoms with Crippen LogP contribution in [0.2, 0.25) is 0 Å². The van der Waals surface area contributed by atoms with Crippen LogP contribution in [-0.2, 0) is 4.74 Å². The number of rotatable bonds is 1. The van der Waals surface area contributed by atoms with Gasteiger partial charge in [0.15, 0.2) is 5.79 Å². The van der Waals surface area contributed by atoms with Crippen molar-refractivity contribution in [3.05, 3.63) is 0 Å². The summed E-state index contributed by atoms with van der Waals surface area (Å²) in [4.78, 5) is 0. The first-order valence-electron chi connectivity index (χ1n) is 3.46. The SMILES string of the molecule is N[C@]1(F)CCOC(CO)[C@H]1O. The van der Waals surface area contributed by atoms with Gasteiger partial charge in [0.2, 0.25) is 0 Å². The van der Waals surface area contributed by atoms with Gasteiger partial charge in [-0.2, -0.15) is 0 Å². The van der Waals surface area contributed by atoms with Crippen molar-refractivity contribution in [2.75, 3.05) is 13.2 Å². The van der Waals surface area contributed by atoms with Crippen LogP contribution in [0.15, 0.2) is 0 Å². The van der Waals surface area contributed by atoms with Crippen LogP contribution in [0, 0.1) is 0 Å². The highest BCUT2D eigenvalue weighted by Crippen LogP contribution is 2.23. The summed E-state index contributed by atoms with van der Waals surface area (Å²) in [5.74, 6) is -2.12. The van der Waals surface area contributed by atoms with Gasteiger partial charge < -0.3 is 14.9 Å². The number of ether oxygens (including phenoxy) is 1. The van der Waals surface area contributed by atoms with Gasteiger partial charge in [-0.1, -0.05) is 0 Å². The minimum absolute atomic E-state index is 0.0370. The summed E-state index contributed by atoms with van der Waals surface area (Å²) in [5.41, 5.74) is 5.08. The van der Waals surface area contributed by atoms with Crippen LogP contribution in [0.25, 0.3) is 0 Å². The first-order valence-corrected chi connectivity index (χ1v) is 3.46. The van der Waals surface area contributed by atoms with Gasteiger partial charge >= 0.3 is 0 Å². The molecule has 0 saturated carbocycles. The maximum absolute atomic E-state index is 13.0. The largest absolute Gasteiger partial charge is 0.394 e. The van der Waals surface area contributed by atoms with E-state index in [1.165, 1.54) is 0 Å². The molecule has 3 atom stereocenters. The van der Waals surface area contributed by atoms with E-state index in [0.717, 1.165) is 0 Å². The normalized spacial score (nSPS) is 45.8. The van der Waals surface area contributed by atoms with E-state index in [9.17, 15) is 4.39 Å². The van der Waals surface area contributed by atoms with Gasteiger partial charge in [-0.25, -0.2) is 4.39 Å². The van der Waals surface area contributed by atoms with E-state index in [4.69, 9.17) is 20.7 Å². The fraction of sp³-hybridized carbons (Fsp3) is 1.00. The summed E-state index contributed by atoms with van der Waals surface area (Å²) < 4.78 is 17.9. The standard InChI is InChI=1S/C6H12FNO3/c7-6(8)1-2-11-4(3-9)5(6)10/h4-5,9-10H,1-3,8H2/t4?,5-,6-/m1/s1. The van der Waals surface area contributed by atoms with Gasteiger partial charge in [0, 0.05) is 6.42 Å². The summed E-state index contributed by atoms with van der Waals surface area (Å²) in [6.45, 7) is -0.278. The number of nitrogens with two attached hydrogens (primary N) is 1. The second-order valence-electron chi connectivity index (χ2n) is 2.71. The lowest BCUT2D eigenvalue weighted by Gasteiger charge is -2.36. The van der Waals surface area contributed by atoms with Gasteiger partial charge in [0.25, 0.3) is 0 Å². The molecule has 0 amide bonds. The highest BCUT2D eigenvalue weighted by atomic mass is 19.1. The van der Waals surface area contributed by atoms with Gasteiger partial charge in [-0.05, 0) is 0 Å². The highest BCUT2D eigenvalue weighted by molar-refractivity contribution is 4.89. The summed E-state index contributed by atoms with van der Waals surface area (Å²) in [6, 6.07) is 0. The van der Waals surface area contributed by atoms with Crippen molar-refractivity contribution in [3.63, 3.8) is 0 Å².